The van der Waals surface area contributed by atoms with Crippen LogP contribution in [0.15, 0.2) is 36.8 Å². The average Bonchev–Trinajstić information content (AvgIpc) is 2.41. The Morgan fingerprint density at radius 1 is 1.39 bits per heavy atom. The number of hydrogen-bond acceptors (Lipinski definition) is 5. The van der Waals surface area contributed by atoms with Crippen molar-refractivity contribution in [3.63, 3.8) is 0 Å². The molecule has 18 heavy (non-hydrogen) atoms. The first-order valence-electron chi connectivity index (χ1n) is 5.38. The molecular formula is C13H12N2O3. The third kappa shape index (κ3) is 2.82. The highest BCUT2D eigenvalue weighted by atomic mass is 16.5. The lowest BCUT2D eigenvalue weighted by atomic mass is 10.2. The van der Waals surface area contributed by atoms with Gasteiger partial charge in [0.25, 0.3) is 0 Å². The number of pyridine rings is 2. The van der Waals surface area contributed by atoms with Crippen LogP contribution in [0.3, 0.4) is 0 Å². The second kappa shape index (κ2) is 5.27. The van der Waals surface area contributed by atoms with Crippen LogP contribution in [0.25, 0.3) is 0 Å². The summed E-state index contributed by atoms with van der Waals surface area (Å²) < 4.78 is 5.09. The van der Waals surface area contributed by atoms with E-state index in [-0.39, 0.29) is 12.4 Å². The lowest BCUT2D eigenvalue weighted by molar-refractivity contribution is 0.0472. The third-order valence-corrected chi connectivity index (χ3v) is 2.40. The zero-order valence-electron chi connectivity index (χ0n) is 9.83. The van der Waals surface area contributed by atoms with Crippen LogP contribution >= 0.6 is 0 Å². The van der Waals surface area contributed by atoms with Gasteiger partial charge in [0.1, 0.15) is 12.4 Å². The van der Waals surface area contributed by atoms with Crippen molar-refractivity contribution < 1.29 is 14.6 Å². The molecule has 0 aromatic carbocycles. The van der Waals surface area contributed by atoms with Crippen molar-refractivity contribution in [1.82, 2.24) is 9.97 Å². The summed E-state index contributed by atoms with van der Waals surface area (Å²) in [4.78, 5) is 19.4. The van der Waals surface area contributed by atoms with Crippen molar-refractivity contribution in [2.75, 3.05) is 0 Å². The summed E-state index contributed by atoms with van der Waals surface area (Å²) in [5.41, 5.74) is 1.62. The van der Waals surface area contributed by atoms with E-state index in [1.807, 2.05) is 0 Å². The average molecular weight is 244 g/mol. The summed E-state index contributed by atoms with van der Waals surface area (Å²) in [6.07, 6.45) is 4.61. The van der Waals surface area contributed by atoms with Gasteiger partial charge in [-0.3, -0.25) is 9.97 Å². The zero-order valence-corrected chi connectivity index (χ0v) is 9.83. The van der Waals surface area contributed by atoms with Crippen LogP contribution in [-0.4, -0.2) is 21.0 Å². The van der Waals surface area contributed by atoms with E-state index in [2.05, 4.69) is 9.97 Å². The predicted octanol–water partition coefficient (Wildman–Crippen LogP) is 1.85. The third-order valence-electron chi connectivity index (χ3n) is 2.40. The quantitative estimate of drug-likeness (QED) is 0.834. The van der Waals surface area contributed by atoms with Crippen LogP contribution in [-0.2, 0) is 11.3 Å². The minimum atomic E-state index is -0.433. The largest absolute Gasteiger partial charge is 0.506 e. The molecule has 0 bridgehead atoms. The second-order valence-corrected chi connectivity index (χ2v) is 3.76. The minimum absolute atomic E-state index is 0.0714. The number of carbonyl (C=O) groups excluding carboxylic acids is 1. The highest BCUT2D eigenvalue weighted by Gasteiger charge is 2.07. The first-order valence-corrected chi connectivity index (χ1v) is 5.38. The van der Waals surface area contributed by atoms with Crippen LogP contribution in [0.1, 0.15) is 21.6 Å². The summed E-state index contributed by atoms with van der Waals surface area (Å²) in [5, 5.41) is 9.47. The molecular weight excluding hydrogens is 232 g/mol. The second-order valence-electron chi connectivity index (χ2n) is 3.76. The predicted molar refractivity (Wildman–Crippen MR) is 64.0 cm³/mol. The maximum absolute atomic E-state index is 11.6. The van der Waals surface area contributed by atoms with Gasteiger partial charge in [-0.05, 0) is 25.1 Å². The number of hydrogen-bond donors (Lipinski definition) is 1. The molecule has 0 saturated carbocycles. The van der Waals surface area contributed by atoms with Gasteiger partial charge in [-0.1, -0.05) is 0 Å². The van der Waals surface area contributed by atoms with Crippen LogP contribution in [0.2, 0.25) is 0 Å². The Hall–Kier alpha value is -2.43. The van der Waals surface area contributed by atoms with Gasteiger partial charge in [0.05, 0.1) is 11.3 Å². The van der Waals surface area contributed by atoms with E-state index < -0.39 is 5.97 Å². The van der Waals surface area contributed by atoms with Gasteiger partial charge in [0.15, 0.2) is 0 Å². The zero-order chi connectivity index (χ0) is 13.0. The van der Waals surface area contributed by atoms with E-state index in [4.69, 9.17) is 4.74 Å². The molecule has 0 aliphatic carbocycles. The number of esters is 1. The van der Waals surface area contributed by atoms with E-state index in [0.717, 1.165) is 0 Å². The topological polar surface area (TPSA) is 72.3 Å². The fourth-order valence-corrected chi connectivity index (χ4v) is 1.36. The molecule has 0 unspecified atom stereocenters. The van der Waals surface area contributed by atoms with Crippen molar-refractivity contribution in [2.24, 2.45) is 0 Å². The van der Waals surface area contributed by atoms with Crippen LogP contribution in [0.5, 0.6) is 5.75 Å². The first kappa shape index (κ1) is 12.0. The number of rotatable bonds is 3. The molecule has 92 valence electrons. The Bertz CT molecular complexity index is 555. The summed E-state index contributed by atoms with van der Waals surface area (Å²) >= 11 is 0. The van der Waals surface area contributed by atoms with E-state index in [9.17, 15) is 9.90 Å². The number of aryl methyl sites for hydroxylation is 1. The van der Waals surface area contributed by atoms with Gasteiger partial charge in [0, 0.05) is 24.2 Å². The van der Waals surface area contributed by atoms with Crippen molar-refractivity contribution in [2.45, 2.75) is 13.5 Å². The molecule has 5 nitrogen and oxygen atoms in total. The smallest absolute Gasteiger partial charge is 0.338 e. The number of aromatic nitrogens is 2. The maximum atomic E-state index is 11.6. The SMILES string of the molecule is Cc1ncc(COC(=O)c2ccncc2)cc1O. The molecule has 0 atom stereocenters. The first-order chi connectivity index (χ1) is 8.66. The molecule has 0 amide bonds. The highest BCUT2D eigenvalue weighted by Crippen LogP contribution is 2.15. The Morgan fingerprint density at radius 3 is 2.78 bits per heavy atom. The van der Waals surface area contributed by atoms with Crippen molar-refractivity contribution in [3.8, 4) is 5.75 Å². The molecule has 0 spiro atoms. The van der Waals surface area contributed by atoms with Crippen LogP contribution < -0.4 is 0 Å². The molecule has 2 aromatic rings. The van der Waals surface area contributed by atoms with Gasteiger partial charge in [0.2, 0.25) is 0 Å². The molecule has 0 fully saturated rings. The summed E-state index contributed by atoms with van der Waals surface area (Å²) in [7, 11) is 0. The lowest BCUT2D eigenvalue weighted by Gasteiger charge is -2.05. The molecule has 1 N–H and O–H groups in total. The van der Waals surface area contributed by atoms with Gasteiger partial charge in [-0.2, -0.15) is 0 Å². The van der Waals surface area contributed by atoms with Gasteiger partial charge in [-0.15, -0.1) is 0 Å². The van der Waals surface area contributed by atoms with E-state index >= 15 is 0 Å². The summed E-state index contributed by atoms with van der Waals surface area (Å²) in [5.74, 6) is -0.343. The molecule has 0 aliphatic heterocycles. The van der Waals surface area contributed by atoms with Crippen molar-refractivity contribution >= 4 is 5.97 Å². The lowest BCUT2D eigenvalue weighted by Crippen LogP contribution is -2.05. The Kier molecular flexibility index (Phi) is 3.52. The molecule has 0 aliphatic rings. The van der Waals surface area contributed by atoms with E-state index in [1.165, 1.54) is 18.5 Å². The fourth-order valence-electron chi connectivity index (χ4n) is 1.36. The van der Waals surface area contributed by atoms with Crippen molar-refractivity contribution in [3.05, 3.63) is 53.6 Å². The fraction of sp³-hybridized carbons (Fsp3) is 0.154. The monoisotopic (exact) mass is 244 g/mol. The normalized spacial score (nSPS) is 10.1. The number of nitrogens with zero attached hydrogens (tertiary/aromatic N) is 2. The molecule has 5 heteroatoms. The van der Waals surface area contributed by atoms with Gasteiger partial charge in [-0.25, -0.2) is 4.79 Å². The standard InChI is InChI=1S/C13H12N2O3/c1-9-12(16)6-10(7-15-9)8-18-13(17)11-2-4-14-5-3-11/h2-7,16H,8H2,1H3. The number of aromatic hydroxyl groups is 1. The van der Waals surface area contributed by atoms with Crippen molar-refractivity contribution in [1.29, 1.82) is 0 Å². The molecule has 0 saturated heterocycles. The summed E-state index contributed by atoms with van der Waals surface area (Å²) in [6.45, 7) is 1.77. The number of ether oxygens (including phenoxy) is 1. The van der Waals surface area contributed by atoms with Crippen LogP contribution in [0, 0.1) is 6.92 Å². The van der Waals surface area contributed by atoms with E-state index in [0.29, 0.717) is 16.8 Å². The molecule has 2 heterocycles. The molecule has 2 rings (SSSR count). The van der Waals surface area contributed by atoms with E-state index in [1.54, 1.807) is 25.3 Å². The Morgan fingerprint density at radius 2 is 2.11 bits per heavy atom. The maximum Gasteiger partial charge on any atom is 0.338 e. The molecule has 0 radical (unpaired) electrons. The van der Waals surface area contributed by atoms with Gasteiger partial charge >= 0.3 is 5.97 Å². The molecule has 2 aromatic heterocycles. The van der Waals surface area contributed by atoms with Gasteiger partial charge < -0.3 is 9.84 Å². The van der Waals surface area contributed by atoms with Crippen LogP contribution in [0.4, 0.5) is 0 Å². The Balaban J connectivity index is 1.99. The highest BCUT2D eigenvalue weighted by molar-refractivity contribution is 5.89. The minimum Gasteiger partial charge on any atom is -0.506 e. The Labute approximate surface area is 104 Å². The number of carbonyl (C=O) groups is 1. The summed E-state index contributed by atoms with van der Waals surface area (Å²) in [6, 6.07) is 4.68.